The first-order valence-electron chi connectivity index (χ1n) is 9.10. The van der Waals surface area contributed by atoms with Crippen molar-refractivity contribution >= 4 is 40.1 Å². The fraction of sp³-hybridized carbons (Fsp3) is 0.421. The average molecular weight is 408 g/mol. The van der Waals surface area contributed by atoms with E-state index in [9.17, 15) is 23.9 Å². The lowest BCUT2D eigenvalue weighted by Gasteiger charge is -2.23. The van der Waals surface area contributed by atoms with Crippen molar-refractivity contribution in [3.63, 3.8) is 0 Å². The van der Waals surface area contributed by atoms with Gasteiger partial charge in [0, 0.05) is 38.3 Å². The Morgan fingerprint density at radius 1 is 1.32 bits per heavy atom. The van der Waals surface area contributed by atoms with Crippen molar-refractivity contribution in [2.75, 3.05) is 18.0 Å². The summed E-state index contributed by atoms with van der Waals surface area (Å²) in [5.41, 5.74) is -0.601. The van der Waals surface area contributed by atoms with Gasteiger partial charge >= 0.3 is 5.97 Å². The van der Waals surface area contributed by atoms with Gasteiger partial charge in [0.05, 0.1) is 21.6 Å². The predicted molar refractivity (Wildman–Crippen MR) is 103 cm³/mol. The number of carboxylic acid groups (broad SMARTS) is 1. The van der Waals surface area contributed by atoms with Crippen LogP contribution in [-0.2, 0) is 4.79 Å². The molecule has 1 saturated carbocycles. The summed E-state index contributed by atoms with van der Waals surface area (Å²) in [6.07, 6.45) is 3.64. The minimum Gasteiger partial charge on any atom is -0.477 e. The lowest BCUT2D eigenvalue weighted by molar-refractivity contribution is -0.119. The van der Waals surface area contributed by atoms with E-state index in [0.717, 1.165) is 18.9 Å². The van der Waals surface area contributed by atoms with Crippen molar-refractivity contribution in [2.45, 2.75) is 38.3 Å². The zero-order valence-corrected chi connectivity index (χ0v) is 15.9. The van der Waals surface area contributed by atoms with Gasteiger partial charge in [-0.1, -0.05) is 11.6 Å². The molecule has 0 spiro atoms. The van der Waals surface area contributed by atoms with E-state index >= 15 is 0 Å². The van der Waals surface area contributed by atoms with Gasteiger partial charge in [-0.05, 0) is 25.3 Å². The largest absolute Gasteiger partial charge is 0.477 e. The van der Waals surface area contributed by atoms with Gasteiger partial charge in [-0.15, -0.1) is 0 Å². The third-order valence-corrected chi connectivity index (χ3v) is 5.62. The molecule has 2 heterocycles. The summed E-state index contributed by atoms with van der Waals surface area (Å²) in [7, 11) is 0. The van der Waals surface area contributed by atoms with Gasteiger partial charge in [0.1, 0.15) is 11.4 Å². The summed E-state index contributed by atoms with van der Waals surface area (Å²) in [4.78, 5) is 37.1. The van der Waals surface area contributed by atoms with Gasteiger partial charge in [-0.3, -0.25) is 9.59 Å². The van der Waals surface area contributed by atoms with Crippen LogP contribution >= 0.6 is 11.6 Å². The second-order valence-corrected chi connectivity index (χ2v) is 7.74. The molecule has 1 aliphatic heterocycles. The Labute approximate surface area is 164 Å². The summed E-state index contributed by atoms with van der Waals surface area (Å²) >= 11 is 6.59. The number of carbonyl (C=O) groups excluding carboxylic acids is 1. The van der Waals surface area contributed by atoms with Crippen LogP contribution in [0.1, 0.15) is 42.6 Å². The Bertz CT molecular complexity index is 1060. The minimum absolute atomic E-state index is 0.0318. The smallest absolute Gasteiger partial charge is 0.341 e. The summed E-state index contributed by atoms with van der Waals surface area (Å²) < 4.78 is 16.7. The van der Waals surface area contributed by atoms with Gasteiger partial charge in [0.2, 0.25) is 11.3 Å². The normalized spacial score (nSPS) is 19.2. The third kappa shape index (κ3) is 3.11. The first-order chi connectivity index (χ1) is 13.3. The number of halogens is 2. The maximum atomic E-state index is 15.0. The fourth-order valence-corrected chi connectivity index (χ4v) is 4.29. The SMILES string of the molecule is CC(=O)NC1CCN(c2c(F)cc3c(=O)c(C(=O)O)cn(C4CC4)c3c2Cl)C1. The van der Waals surface area contributed by atoms with Crippen LogP contribution in [0.25, 0.3) is 10.9 Å². The number of carboxylic acids is 1. The summed E-state index contributed by atoms with van der Waals surface area (Å²) in [6.45, 7) is 2.34. The number of amides is 1. The molecule has 7 nitrogen and oxygen atoms in total. The quantitative estimate of drug-likeness (QED) is 0.812. The number of aromatic carboxylic acids is 1. The van der Waals surface area contributed by atoms with Gasteiger partial charge in [-0.25, -0.2) is 9.18 Å². The lowest BCUT2D eigenvalue weighted by Crippen LogP contribution is -2.35. The Balaban J connectivity index is 1.87. The Hall–Kier alpha value is -2.61. The number of fused-ring (bicyclic) bond motifs is 1. The number of benzene rings is 1. The van der Waals surface area contributed by atoms with Crippen molar-refractivity contribution in [1.82, 2.24) is 9.88 Å². The number of pyridine rings is 1. The van der Waals surface area contributed by atoms with Crippen LogP contribution in [0.15, 0.2) is 17.1 Å². The summed E-state index contributed by atoms with van der Waals surface area (Å²) in [5.74, 6) is -2.18. The molecule has 1 aliphatic carbocycles. The van der Waals surface area contributed by atoms with E-state index in [1.807, 2.05) is 0 Å². The fourth-order valence-electron chi connectivity index (χ4n) is 3.88. The van der Waals surface area contributed by atoms with E-state index in [0.29, 0.717) is 25.0 Å². The number of hydrogen-bond donors (Lipinski definition) is 2. The number of rotatable bonds is 4. The van der Waals surface area contributed by atoms with Crippen LogP contribution in [0, 0.1) is 5.82 Å². The molecule has 1 atom stereocenters. The molecule has 28 heavy (non-hydrogen) atoms. The lowest BCUT2D eigenvalue weighted by atomic mass is 10.1. The Morgan fingerprint density at radius 3 is 2.64 bits per heavy atom. The van der Waals surface area contributed by atoms with Crippen LogP contribution in [0.4, 0.5) is 10.1 Å². The molecule has 2 fully saturated rings. The highest BCUT2D eigenvalue weighted by Crippen LogP contribution is 2.42. The maximum Gasteiger partial charge on any atom is 0.341 e. The number of aromatic nitrogens is 1. The highest BCUT2D eigenvalue weighted by molar-refractivity contribution is 6.38. The summed E-state index contributed by atoms with van der Waals surface area (Å²) in [5, 5.41) is 12.2. The van der Waals surface area contributed by atoms with Crippen LogP contribution in [0.5, 0.6) is 0 Å². The van der Waals surface area contributed by atoms with Gasteiger partial charge in [0.25, 0.3) is 0 Å². The molecule has 2 aromatic rings. The zero-order valence-electron chi connectivity index (χ0n) is 15.2. The first-order valence-corrected chi connectivity index (χ1v) is 9.48. The molecule has 0 bridgehead atoms. The van der Waals surface area contributed by atoms with Gasteiger partial charge in [0.15, 0.2) is 0 Å². The highest BCUT2D eigenvalue weighted by atomic mass is 35.5. The van der Waals surface area contributed by atoms with Gasteiger partial charge in [-0.2, -0.15) is 0 Å². The standard InChI is InChI=1S/C19H19ClFN3O4/c1-9(25)22-10-4-5-23(7-10)17-14(21)6-12-16(15(17)20)24(11-2-3-11)8-13(18(12)26)19(27)28/h6,8,10-11H,2-5,7H2,1H3,(H,22,25)(H,27,28). The van der Waals surface area contributed by atoms with Crippen molar-refractivity contribution in [1.29, 1.82) is 0 Å². The zero-order chi connectivity index (χ0) is 20.2. The predicted octanol–water partition coefficient (Wildman–Crippen LogP) is 2.54. The molecule has 1 unspecified atom stereocenters. The van der Waals surface area contributed by atoms with Crippen molar-refractivity contribution < 1.29 is 19.1 Å². The molecule has 148 valence electrons. The number of anilines is 1. The Morgan fingerprint density at radius 2 is 2.04 bits per heavy atom. The van der Waals surface area contributed by atoms with E-state index in [1.165, 1.54) is 13.1 Å². The van der Waals surface area contributed by atoms with Crippen LogP contribution < -0.4 is 15.6 Å². The van der Waals surface area contributed by atoms with Crippen LogP contribution in [-0.4, -0.2) is 40.7 Å². The number of carbonyl (C=O) groups is 2. The molecule has 2 aliphatic rings. The number of hydrogen-bond acceptors (Lipinski definition) is 4. The van der Waals surface area contributed by atoms with E-state index in [1.54, 1.807) is 9.47 Å². The summed E-state index contributed by atoms with van der Waals surface area (Å²) in [6, 6.07) is 1.02. The van der Waals surface area contributed by atoms with Crippen molar-refractivity contribution in [2.24, 2.45) is 0 Å². The molecule has 4 rings (SSSR count). The molecule has 9 heteroatoms. The molecule has 1 amide bonds. The average Bonchev–Trinajstić information content (AvgIpc) is 3.36. The maximum absolute atomic E-state index is 15.0. The first kappa shape index (κ1) is 18.7. The molecule has 1 aromatic heterocycles. The topological polar surface area (TPSA) is 91.6 Å². The monoisotopic (exact) mass is 407 g/mol. The highest BCUT2D eigenvalue weighted by Gasteiger charge is 2.32. The van der Waals surface area contributed by atoms with E-state index < -0.39 is 22.8 Å². The van der Waals surface area contributed by atoms with Gasteiger partial charge < -0.3 is 19.9 Å². The number of nitrogens with zero attached hydrogens (tertiary/aromatic N) is 2. The number of nitrogens with one attached hydrogen (secondary N) is 1. The molecule has 1 saturated heterocycles. The second-order valence-electron chi connectivity index (χ2n) is 7.36. The van der Waals surface area contributed by atoms with E-state index in [-0.39, 0.29) is 34.1 Å². The molecular weight excluding hydrogens is 389 g/mol. The van der Waals surface area contributed by atoms with Crippen LogP contribution in [0.2, 0.25) is 5.02 Å². The van der Waals surface area contributed by atoms with Crippen LogP contribution in [0.3, 0.4) is 0 Å². The van der Waals surface area contributed by atoms with E-state index in [4.69, 9.17) is 11.6 Å². The third-order valence-electron chi connectivity index (χ3n) is 5.27. The second kappa shape index (κ2) is 6.77. The molecular formula is C19H19ClFN3O4. The molecule has 2 N–H and O–H groups in total. The van der Waals surface area contributed by atoms with Crippen molar-refractivity contribution in [3.05, 3.63) is 38.9 Å². The Kier molecular flexibility index (Phi) is 4.53. The van der Waals surface area contributed by atoms with Crippen molar-refractivity contribution in [3.8, 4) is 0 Å². The van der Waals surface area contributed by atoms with E-state index in [2.05, 4.69) is 5.32 Å². The minimum atomic E-state index is -1.35. The molecule has 1 aromatic carbocycles. The molecule has 0 radical (unpaired) electrons.